The van der Waals surface area contributed by atoms with E-state index in [0.29, 0.717) is 17.1 Å². The van der Waals surface area contributed by atoms with Crippen LogP contribution in [0.1, 0.15) is 28.4 Å². The summed E-state index contributed by atoms with van der Waals surface area (Å²) in [5.41, 5.74) is 1.58. The Hall–Kier alpha value is -3.80. The average Bonchev–Trinajstić information content (AvgIpc) is 2.83. The van der Waals surface area contributed by atoms with Gasteiger partial charge >= 0.3 is 5.97 Å². The van der Waals surface area contributed by atoms with Gasteiger partial charge in [0.2, 0.25) is 0 Å². The Labute approximate surface area is 181 Å². The molecule has 0 heterocycles. The third-order valence-corrected chi connectivity index (χ3v) is 5.06. The van der Waals surface area contributed by atoms with Crippen molar-refractivity contribution >= 4 is 11.9 Å². The van der Waals surface area contributed by atoms with Crippen molar-refractivity contribution in [2.24, 2.45) is 0 Å². The van der Waals surface area contributed by atoms with Crippen LogP contribution in [0.5, 0.6) is 11.5 Å². The molecule has 0 unspecified atom stereocenters. The van der Waals surface area contributed by atoms with Crippen molar-refractivity contribution in [1.29, 1.82) is 0 Å². The first-order valence-electron chi connectivity index (χ1n) is 9.79. The number of carbonyl (C=O) groups is 2. The maximum atomic E-state index is 13.2. The number of nitrogens with one attached hydrogen (secondary N) is 1. The molecule has 0 saturated carbocycles. The summed E-state index contributed by atoms with van der Waals surface area (Å²) in [7, 11) is 2.76. The summed E-state index contributed by atoms with van der Waals surface area (Å²) in [6.07, 6.45) is 0. The molecule has 0 aliphatic rings. The molecule has 0 fully saturated rings. The summed E-state index contributed by atoms with van der Waals surface area (Å²) >= 11 is 0. The molecular formula is C25H25NO5. The lowest BCUT2D eigenvalue weighted by Gasteiger charge is -2.32. The van der Waals surface area contributed by atoms with Gasteiger partial charge in [-0.3, -0.25) is 4.79 Å². The van der Waals surface area contributed by atoms with Gasteiger partial charge in [0, 0.05) is 5.56 Å². The van der Waals surface area contributed by atoms with Crippen LogP contribution < -0.4 is 14.8 Å². The minimum absolute atomic E-state index is 0.251. The molecule has 0 atom stereocenters. The second-order valence-corrected chi connectivity index (χ2v) is 7.04. The van der Waals surface area contributed by atoms with Gasteiger partial charge in [-0.05, 0) is 36.2 Å². The molecule has 0 spiro atoms. The fourth-order valence-corrected chi connectivity index (χ4v) is 3.28. The van der Waals surface area contributed by atoms with E-state index in [-0.39, 0.29) is 12.5 Å². The van der Waals surface area contributed by atoms with Gasteiger partial charge in [-0.2, -0.15) is 0 Å². The predicted octanol–water partition coefficient (Wildman–Crippen LogP) is 3.94. The Morgan fingerprint density at radius 1 is 0.839 bits per heavy atom. The van der Waals surface area contributed by atoms with Gasteiger partial charge in [-0.1, -0.05) is 60.7 Å². The number of rotatable bonds is 8. The highest BCUT2D eigenvalue weighted by molar-refractivity contribution is 5.95. The van der Waals surface area contributed by atoms with Crippen molar-refractivity contribution < 1.29 is 23.8 Å². The lowest BCUT2D eigenvalue weighted by atomic mass is 9.84. The van der Waals surface area contributed by atoms with E-state index in [9.17, 15) is 9.59 Å². The number of hydrogen-bond acceptors (Lipinski definition) is 5. The van der Waals surface area contributed by atoms with Crippen LogP contribution >= 0.6 is 0 Å². The zero-order valence-electron chi connectivity index (χ0n) is 17.8. The van der Waals surface area contributed by atoms with Crippen LogP contribution in [0.4, 0.5) is 0 Å². The summed E-state index contributed by atoms with van der Waals surface area (Å²) < 4.78 is 15.3. The fraction of sp³-hybridized carbons (Fsp3) is 0.200. The first-order valence-corrected chi connectivity index (χ1v) is 9.79. The lowest BCUT2D eigenvalue weighted by molar-refractivity contribution is -0.142. The predicted molar refractivity (Wildman–Crippen MR) is 117 cm³/mol. The minimum Gasteiger partial charge on any atom is -0.493 e. The minimum atomic E-state index is -0.743. The van der Waals surface area contributed by atoms with Crippen LogP contribution in [0.3, 0.4) is 0 Å². The van der Waals surface area contributed by atoms with Gasteiger partial charge in [0.1, 0.15) is 0 Å². The van der Waals surface area contributed by atoms with Gasteiger partial charge in [-0.25, -0.2) is 4.79 Å². The van der Waals surface area contributed by atoms with Gasteiger partial charge in [0.15, 0.2) is 18.1 Å². The number of hydrogen-bond donors (Lipinski definition) is 1. The van der Waals surface area contributed by atoms with E-state index >= 15 is 0 Å². The molecule has 0 aromatic heterocycles. The second kappa shape index (κ2) is 9.80. The highest BCUT2D eigenvalue weighted by Gasteiger charge is 2.31. The highest BCUT2D eigenvalue weighted by atomic mass is 16.6. The van der Waals surface area contributed by atoms with E-state index in [1.165, 1.54) is 14.2 Å². The molecule has 3 aromatic carbocycles. The largest absolute Gasteiger partial charge is 0.493 e. The first-order chi connectivity index (χ1) is 15.0. The molecule has 6 heteroatoms. The monoisotopic (exact) mass is 419 g/mol. The van der Waals surface area contributed by atoms with Crippen LogP contribution in [0.25, 0.3) is 0 Å². The van der Waals surface area contributed by atoms with Crippen molar-refractivity contribution in [3.63, 3.8) is 0 Å². The molecule has 0 aliphatic carbocycles. The molecule has 0 saturated heterocycles. The zero-order chi connectivity index (χ0) is 22.3. The second-order valence-electron chi connectivity index (χ2n) is 7.04. The number of ether oxygens (including phenoxy) is 3. The molecule has 0 aliphatic heterocycles. The van der Waals surface area contributed by atoms with Gasteiger partial charge in [-0.15, -0.1) is 0 Å². The van der Waals surface area contributed by atoms with Crippen LogP contribution in [0, 0.1) is 0 Å². The van der Waals surface area contributed by atoms with E-state index in [1.807, 2.05) is 67.6 Å². The Balaban J connectivity index is 1.89. The van der Waals surface area contributed by atoms with Crippen molar-refractivity contribution in [2.75, 3.05) is 20.8 Å². The lowest BCUT2D eigenvalue weighted by Crippen LogP contribution is -2.44. The number of amides is 1. The Morgan fingerprint density at radius 3 is 1.94 bits per heavy atom. The Kier molecular flexibility index (Phi) is 6.92. The smallest absolute Gasteiger partial charge is 0.343 e. The summed E-state index contributed by atoms with van der Waals surface area (Å²) in [6, 6.07) is 24.4. The molecule has 3 rings (SSSR count). The molecule has 3 aromatic rings. The normalized spacial score (nSPS) is 10.8. The molecule has 160 valence electrons. The van der Waals surface area contributed by atoms with Gasteiger partial charge < -0.3 is 19.5 Å². The summed E-state index contributed by atoms with van der Waals surface area (Å²) in [5, 5.41) is 3.16. The molecule has 1 N–H and O–H groups in total. The number of methoxy groups -OCH3 is 2. The molecular weight excluding hydrogens is 394 g/mol. The summed E-state index contributed by atoms with van der Waals surface area (Å²) in [5.74, 6) is -0.0885. The van der Waals surface area contributed by atoms with Crippen LogP contribution in [0.2, 0.25) is 0 Å². The standard InChI is InChI=1S/C25H25NO5/c1-25(19-10-6-4-7-11-19,20-12-8-5-9-13-20)26-24(28)18-14-15-21(22(16-18)29-2)31-17-23(27)30-3/h4-16H,17H2,1-3H3,(H,26,28). The molecule has 1 amide bonds. The van der Waals surface area contributed by atoms with Crippen molar-refractivity contribution in [3.05, 3.63) is 95.6 Å². The maximum absolute atomic E-state index is 13.2. The SMILES string of the molecule is COC(=O)COc1ccc(C(=O)NC(C)(c2ccccc2)c2ccccc2)cc1OC. The third kappa shape index (κ3) is 5.04. The van der Waals surface area contributed by atoms with Crippen LogP contribution in [-0.4, -0.2) is 32.7 Å². The first kappa shape index (κ1) is 21.9. The fourth-order valence-electron chi connectivity index (χ4n) is 3.28. The number of esters is 1. The highest BCUT2D eigenvalue weighted by Crippen LogP contribution is 2.31. The summed E-state index contributed by atoms with van der Waals surface area (Å²) in [6.45, 7) is 1.72. The Morgan fingerprint density at radius 2 is 1.42 bits per heavy atom. The maximum Gasteiger partial charge on any atom is 0.343 e. The van der Waals surface area contributed by atoms with E-state index in [0.717, 1.165) is 11.1 Å². The molecule has 6 nitrogen and oxygen atoms in total. The topological polar surface area (TPSA) is 73.9 Å². The van der Waals surface area contributed by atoms with Crippen molar-refractivity contribution in [3.8, 4) is 11.5 Å². The molecule has 0 bridgehead atoms. The van der Waals surface area contributed by atoms with E-state index in [2.05, 4.69) is 10.1 Å². The van der Waals surface area contributed by atoms with Gasteiger partial charge in [0.05, 0.1) is 19.8 Å². The third-order valence-electron chi connectivity index (χ3n) is 5.06. The average molecular weight is 419 g/mol. The van der Waals surface area contributed by atoms with Crippen molar-refractivity contribution in [1.82, 2.24) is 5.32 Å². The molecule has 0 radical (unpaired) electrons. The quantitative estimate of drug-likeness (QED) is 0.560. The zero-order valence-corrected chi connectivity index (χ0v) is 17.8. The number of carbonyl (C=O) groups excluding carboxylic acids is 2. The number of benzene rings is 3. The molecule has 31 heavy (non-hydrogen) atoms. The Bertz CT molecular complexity index is 995. The van der Waals surface area contributed by atoms with E-state index in [1.54, 1.807) is 18.2 Å². The van der Waals surface area contributed by atoms with Gasteiger partial charge in [0.25, 0.3) is 5.91 Å². The van der Waals surface area contributed by atoms with E-state index in [4.69, 9.17) is 9.47 Å². The van der Waals surface area contributed by atoms with Crippen molar-refractivity contribution in [2.45, 2.75) is 12.5 Å². The summed E-state index contributed by atoms with van der Waals surface area (Å²) in [4.78, 5) is 24.6. The van der Waals surface area contributed by atoms with Crippen LogP contribution in [-0.2, 0) is 15.1 Å². The van der Waals surface area contributed by atoms with E-state index < -0.39 is 11.5 Å². The van der Waals surface area contributed by atoms with Crippen LogP contribution in [0.15, 0.2) is 78.9 Å².